The van der Waals surface area contributed by atoms with Gasteiger partial charge < -0.3 is 4.74 Å². The van der Waals surface area contributed by atoms with E-state index in [1.807, 2.05) is 6.92 Å². The third-order valence-electron chi connectivity index (χ3n) is 5.81. The number of aromatic nitrogens is 1. The van der Waals surface area contributed by atoms with Crippen LogP contribution in [0.3, 0.4) is 0 Å². The first-order valence-electron chi connectivity index (χ1n) is 8.67. The monoisotopic (exact) mass is 376 g/mol. The molecule has 0 spiro atoms. The van der Waals surface area contributed by atoms with Crippen molar-refractivity contribution >= 4 is 5.91 Å². The number of pyridine rings is 1. The maximum Gasteiger partial charge on any atom is 0.254 e. The molecule has 5 nitrogen and oxygen atoms in total. The highest BCUT2D eigenvalue weighted by Gasteiger charge is 2.53. The van der Waals surface area contributed by atoms with Crippen molar-refractivity contribution in [2.24, 2.45) is 0 Å². The molecule has 144 valence electrons. The van der Waals surface area contributed by atoms with E-state index in [1.165, 1.54) is 25.4 Å². The number of carbonyl (C=O) groups excluding carboxylic acids is 1. The number of carbonyl (C=O) groups is 1. The summed E-state index contributed by atoms with van der Waals surface area (Å²) in [5, 5.41) is 9.35. The van der Waals surface area contributed by atoms with Gasteiger partial charge in [-0.1, -0.05) is 19.1 Å². The van der Waals surface area contributed by atoms with Gasteiger partial charge >= 0.3 is 0 Å². The second kappa shape index (κ2) is 6.88. The molecule has 0 aliphatic heterocycles. The number of halogens is 2. The van der Waals surface area contributed by atoms with Gasteiger partial charge in [0, 0.05) is 6.20 Å². The highest BCUT2D eigenvalue weighted by molar-refractivity contribution is 5.88. The van der Waals surface area contributed by atoms with E-state index in [9.17, 15) is 18.8 Å². The molecule has 3 rings (SSSR count). The smallest absolute Gasteiger partial charge is 0.254 e. The number of hydrogen-bond acceptors (Lipinski definition) is 4. The van der Waals surface area contributed by atoms with E-state index in [-0.39, 0.29) is 12.3 Å². The lowest BCUT2D eigenvalue weighted by Gasteiger charge is -2.32. The first kappa shape index (κ1) is 19.2. The maximum atomic E-state index is 14.2. The summed E-state index contributed by atoms with van der Waals surface area (Å²) in [5.41, 5.74) is 1.56. The fourth-order valence-corrected chi connectivity index (χ4v) is 4.26. The van der Waals surface area contributed by atoms with Crippen molar-refractivity contribution in [3.63, 3.8) is 0 Å². The van der Waals surface area contributed by atoms with Gasteiger partial charge in [-0.05, 0) is 60.4 Å². The van der Waals surface area contributed by atoms with Gasteiger partial charge in [-0.2, -0.15) is 0 Å². The number of amides is 1. The van der Waals surface area contributed by atoms with E-state index in [4.69, 9.17) is 4.74 Å². The van der Waals surface area contributed by atoms with Gasteiger partial charge in [0.2, 0.25) is 5.88 Å². The van der Waals surface area contributed by atoms with Crippen molar-refractivity contribution in [1.82, 2.24) is 10.5 Å². The number of rotatable bonds is 4. The number of ether oxygens (including phenoxy) is 1. The lowest BCUT2D eigenvalue weighted by atomic mass is 9.72. The van der Waals surface area contributed by atoms with Crippen LogP contribution in [0.15, 0.2) is 30.5 Å². The van der Waals surface area contributed by atoms with Crippen molar-refractivity contribution in [2.75, 3.05) is 7.11 Å². The minimum absolute atomic E-state index is 0.0966. The lowest BCUT2D eigenvalue weighted by Crippen LogP contribution is -2.43. The third-order valence-corrected chi connectivity index (χ3v) is 5.81. The molecule has 2 atom stereocenters. The van der Waals surface area contributed by atoms with Gasteiger partial charge in [0.05, 0.1) is 12.5 Å². The van der Waals surface area contributed by atoms with Crippen molar-refractivity contribution in [2.45, 2.75) is 43.9 Å². The number of nitrogens with one attached hydrogen (secondary N) is 1. The van der Waals surface area contributed by atoms with Crippen molar-refractivity contribution in [3.8, 4) is 5.88 Å². The SMILES string of the molecule is COc1ncc([C@]2(C)CC[C@@](C(=O)NO)(c3cccc(F)c3C)C2)cc1F. The number of hydroxylamine groups is 1. The molecule has 27 heavy (non-hydrogen) atoms. The van der Waals surface area contributed by atoms with E-state index < -0.39 is 28.4 Å². The predicted molar refractivity (Wildman–Crippen MR) is 94.7 cm³/mol. The van der Waals surface area contributed by atoms with E-state index >= 15 is 0 Å². The summed E-state index contributed by atoms with van der Waals surface area (Å²) >= 11 is 0. The van der Waals surface area contributed by atoms with Crippen LogP contribution in [0.1, 0.15) is 42.9 Å². The number of hydrogen-bond donors (Lipinski definition) is 2. The van der Waals surface area contributed by atoms with Gasteiger partial charge in [-0.25, -0.2) is 19.2 Å². The molecule has 0 unspecified atom stereocenters. The minimum Gasteiger partial charge on any atom is -0.479 e. The zero-order valence-corrected chi connectivity index (χ0v) is 15.5. The number of methoxy groups -OCH3 is 1. The Morgan fingerprint density at radius 3 is 2.67 bits per heavy atom. The highest BCUT2D eigenvalue weighted by Crippen LogP contribution is 2.53. The van der Waals surface area contributed by atoms with Crippen LogP contribution in [-0.2, 0) is 15.6 Å². The summed E-state index contributed by atoms with van der Waals surface area (Å²) in [5.74, 6) is -1.69. The summed E-state index contributed by atoms with van der Waals surface area (Å²) in [7, 11) is 1.34. The molecule has 0 bridgehead atoms. The normalized spacial score (nSPS) is 24.7. The van der Waals surface area contributed by atoms with Crippen LogP contribution in [0.25, 0.3) is 0 Å². The Bertz CT molecular complexity index is 890. The molecule has 1 saturated carbocycles. The molecular weight excluding hydrogens is 354 g/mol. The summed E-state index contributed by atoms with van der Waals surface area (Å²) in [4.78, 5) is 16.7. The highest BCUT2D eigenvalue weighted by atomic mass is 19.1. The summed E-state index contributed by atoms with van der Waals surface area (Å²) in [6.45, 7) is 3.53. The largest absolute Gasteiger partial charge is 0.479 e. The lowest BCUT2D eigenvalue weighted by molar-refractivity contribution is -0.135. The molecule has 1 heterocycles. The quantitative estimate of drug-likeness (QED) is 0.632. The predicted octanol–water partition coefficient (Wildman–Crippen LogP) is 3.56. The number of nitrogens with zero attached hydrogens (tertiary/aromatic N) is 1. The van der Waals surface area contributed by atoms with Crippen LogP contribution in [0.2, 0.25) is 0 Å². The van der Waals surface area contributed by atoms with Crippen LogP contribution in [0.5, 0.6) is 5.88 Å². The summed E-state index contributed by atoms with van der Waals surface area (Å²) in [6.07, 6.45) is 2.75. The first-order valence-corrected chi connectivity index (χ1v) is 8.67. The van der Waals surface area contributed by atoms with Crippen LogP contribution in [0, 0.1) is 18.6 Å². The Morgan fingerprint density at radius 2 is 2.04 bits per heavy atom. The first-order chi connectivity index (χ1) is 12.8. The van der Waals surface area contributed by atoms with Gasteiger partial charge in [-0.15, -0.1) is 0 Å². The van der Waals surface area contributed by atoms with Crippen LogP contribution >= 0.6 is 0 Å². The zero-order valence-electron chi connectivity index (χ0n) is 15.5. The molecule has 1 aliphatic carbocycles. The fourth-order valence-electron chi connectivity index (χ4n) is 4.26. The molecule has 0 radical (unpaired) electrons. The molecule has 1 aromatic carbocycles. The average Bonchev–Trinajstić information content (AvgIpc) is 3.03. The molecule has 1 amide bonds. The van der Waals surface area contributed by atoms with E-state index in [0.29, 0.717) is 29.5 Å². The number of benzene rings is 1. The molecule has 1 fully saturated rings. The van der Waals surface area contributed by atoms with Gasteiger partial charge in [0.15, 0.2) is 5.82 Å². The van der Waals surface area contributed by atoms with E-state index in [1.54, 1.807) is 24.5 Å². The zero-order chi connectivity index (χ0) is 19.8. The molecule has 1 aliphatic rings. The van der Waals surface area contributed by atoms with Gasteiger partial charge in [0.25, 0.3) is 5.91 Å². The summed E-state index contributed by atoms with van der Waals surface area (Å²) < 4.78 is 33.2. The van der Waals surface area contributed by atoms with Gasteiger partial charge in [0.1, 0.15) is 5.82 Å². The van der Waals surface area contributed by atoms with E-state index in [2.05, 4.69) is 4.98 Å². The molecule has 2 aromatic rings. The Hall–Kier alpha value is -2.54. The topological polar surface area (TPSA) is 71.5 Å². The molecule has 2 N–H and O–H groups in total. The standard InChI is InChI=1S/C20H22F2N2O3/c1-12-14(5-4-6-15(12)21)20(18(25)24-26)8-7-19(2,11-20)13-9-16(22)17(27-3)23-10-13/h4-6,9-10,26H,7-8,11H2,1-3H3,(H,24,25)/t19-,20+/m1/s1. The van der Waals surface area contributed by atoms with Crippen LogP contribution in [0.4, 0.5) is 8.78 Å². The maximum absolute atomic E-state index is 14.2. The Kier molecular flexibility index (Phi) is 4.90. The molecule has 1 aromatic heterocycles. The average molecular weight is 376 g/mol. The van der Waals surface area contributed by atoms with Crippen molar-refractivity contribution in [3.05, 3.63) is 58.8 Å². The molecular formula is C20H22F2N2O3. The Labute approximate surface area is 156 Å². The van der Waals surface area contributed by atoms with E-state index in [0.717, 1.165) is 0 Å². The second-order valence-electron chi connectivity index (χ2n) is 7.39. The summed E-state index contributed by atoms with van der Waals surface area (Å²) in [6, 6.07) is 5.94. The third kappa shape index (κ3) is 3.06. The Morgan fingerprint density at radius 1 is 1.30 bits per heavy atom. The van der Waals surface area contributed by atoms with Crippen molar-refractivity contribution in [1.29, 1.82) is 0 Å². The fraction of sp³-hybridized carbons (Fsp3) is 0.400. The minimum atomic E-state index is -1.12. The van der Waals surface area contributed by atoms with Crippen LogP contribution < -0.4 is 10.2 Å². The van der Waals surface area contributed by atoms with Crippen molar-refractivity contribution < 1.29 is 23.5 Å². The van der Waals surface area contributed by atoms with Crippen LogP contribution in [-0.4, -0.2) is 23.2 Å². The second-order valence-corrected chi connectivity index (χ2v) is 7.39. The molecule has 7 heteroatoms. The Balaban J connectivity index is 2.08. The van der Waals surface area contributed by atoms with Gasteiger partial charge in [-0.3, -0.25) is 10.0 Å². The molecule has 0 saturated heterocycles.